The van der Waals surface area contributed by atoms with Gasteiger partial charge >= 0.3 is 5.97 Å². The number of rotatable bonds is 10. The van der Waals surface area contributed by atoms with E-state index in [1.54, 1.807) is 25.3 Å². The molecule has 2 aromatic rings. The lowest BCUT2D eigenvalue weighted by atomic mass is 9.71. The van der Waals surface area contributed by atoms with Gasteiger partial charge in [-0.3, -0.25) is 9.78 Å². The van der Waals surface area contributed by atoms with Gasteiger partial charge in [0.1, 0.15) is 11.9 Å². The van der Waals surface area contributed by atoms with Gasteiger partial charge in [-0.1, -0.05) is 37.3 Å². The van der Waals surface area contributed by atoms with E-state index >= 15 is 4.39 Å². The summed E-state index contributed by atoms with van der Waals surface area (Å²) in [6.07, 6.45) is 9.34. The van der Waals surface area contributed by atoms with Crippen LogP contribution in [-0.4, -0.2) is 47.7 Å². The molecule has 1 saturated carbocycles. The molecule has 1 N–H and O–H groups in total. The fraction of sp³-hybridized carbons (Fsp3) is 0.630. The number of hydrogen-bond acceptors (Lipinski definition) is 4. The fourth-order valence-corrected chi connectivity index (χ4v) is 6.21. The summed E-state index contributed by atoms with van der Waals surface area (Å²) >= 11 is 6.40. The first-order valence-corrected chi connectivity index (χ1v) is 13.0. The molecule has 7 heteroatoms. The van der Waals surface area contributed by atoms with E-state index in [4.69, 9.17) is 16.3 Å². The van der Waals surface area contributed by atoms with Crippen LogP contribution in [0.4, 0.5) is 4.39 Å². The monoisotopic (exact) mass is 490 g/mol. The van der Waals surface area contributed by atoms with E-state index in [9.17, 15) is 9.90 Å². The van der Waals surface area contributed by atoms with E-state index in [0.717, 1.165) is 38.4 Å². The zero-order valence-electron chi connectivity index (χ0n) is 20.1. The van der Waals surface area contributed by atoms with Crippen LogP contribution in [0.3, 0.4) is 0 Å². The van der Waals surface area contributed by atoms with Crippen molar-refractivity contribution in [3.63, 3.8) is 0 Å². The molecule has 1 unspecified atom stereocenters. The van der Waals surface area contributed by atoms with Crippen LogP contribution in [-0.2, 0) is 4.79 Å². The number of methoxy groups -OCH3 is 1. The van der Waals surface area contributed by atoms with Crippen LogP contribution in [0.15, 0.2) is 24.4 Å². The summed E-state index contributed by atoms with van der Waals surface area (Å²) in [5.41, 5.74) is 0.719. The lowest BCUT2D eigenvalue weighted by Gasteiger charge is -2.42. The van der Waals surface area contributed by atoms with Crippen LogP contribution in [0, 0.1) is 11.3 Å². The van der Waals surface area contributed by atoms with E-state index in [1.807, 2.05) is 0 Å². The number of pyridine rings is 1. The Hall–Kier alpha value is -1.92. The van der Waals surface area contributed by atoms with Crippen LogP contribution in [0.5, 0.6) is 5.75 Å². The molecule has 5 nitrogen and oxygen atoms in total. The smallest absolute Gasteiger partial charge is 0.303 e. The van der Waals surface area contributed by atoms with Crippen molar-refractivity contribution in [1.29, 1.82) is 0 Å². The van der Waals surface area contributed by atoms with Crippen molar-refractivity contribution < 1.29 is 19.0 Å². The van der Waals surface area contributed by atoms with Gasteiger partial charge in [0.2, 0.25) is 0 Å². The predicted octanol–water partition coefficient (Wildman–Crippen LogP) is 6.82. The molecule has 34 heavy (non-hydrogen) atoms. The Morgan fingerprint density at radius 1 is 1.32 bits per heavy atom. The van der Waals surface area contributed by atoms with Crippen molar-refractivity contribution in [1.82, 2.24) is 9.88 Å². The van der Waals surface area contributed by atoms with E-state index in [0.29, 0.717) is 33.7 Å². The van der Waals surface area contributed by atoms with Gasteiger partial charge in [-0.05, 0) is 81.3 Å². The minimum atomic E-state index is -1.30. The van der Waals surface area contributed by atoms with Crippen molar-refractivity contribution in [3.8, 4) is 5.75 Å². The maximum atomic E-state index is 15.7. The number of carboxylic acid groups (broad SMARTS) is 1. The summed E-state index contributed by atoms with van der Waals surface area (Å²) in [4.78, 5) is 18.5. The normalized spacial score (nSPS) is 20.0. The number of benzene rings is 1. The van der Waals surface area contributed by atoms with E-state index in [2.05, 4.69) is 9.88 Å². The minimum absolute atomic E-state index is 0.0921. The Labute approximate surface area is 206 Å². The molecule has 0 amide bonds. The molecule has 0 bridgehead atoms. The van der Waals surface area contributed by atoms with Gasteiger partial charge in [0.25, 0.3) is 0 Å². The average molecular weight is 491 g/mol. The summed E-state index contributed by atoms with van der Waals surface area (Å²) in [7, 11) is 1.57. The average Bonchev–Trinajstić information content (AvgIpc) is 3.35. The molecule has 0 spiro atoms. The van der Waals surface area contributed by atoms with Crippen LogP contribution >= 0.6 is 11.6 Å². The van der Waals surface area contributed by atoms with E-state index < -0.39 is 12.1 Å². The van der Waals surface area contributed by atoms with Crippen molar-refractivity contribution in [3.05, 3.63) is 35.0 Å². The van der Waals surface area contributed by atoms with Crippen LogP contribution < -0.4 is 4.74 Å². The SMILES string of the molecule is COc1ccc2ncc(Cl)c(C(F)CCC3(CC(=O)O)CCN(CCC4CCCC4)CC3)c2c1. The molecule has 1 aromatic heterocycles. The highest BCUT2D eigenvalue weighted by Gasteiger charge is 2.37. The Morgan fingerprint density at radius 2 is 2.06 bits per heavy atom. The zero-order valence-corrected chi connectivity index (χ0v) is 20.8. The standard InChI is InChI=1S/C27H36ClFN2O3/c1-34-20-6-7-24-21(16-20)26(22(28)18-30-24)23(29)8-10-27(17-25(32)33)11-14-31(15-12-27)13-9-19-4-2-3-5-19/h6-7,16,18-19,23H,2-5,8-15,17H2,1H3,(H,32,33). The quantitative estimate of drug-likeness (QED) is 0.395. The molecule has 2 aliphatic rings. The molecule has 186 valence electrons. The first-order valence-electron chi connectivity index (χ1n) is 12.6. The van der Waals surface area contributed by atoms with Crippen molar-refractivity contribution >= 4 is 28.5 Å². The second kappa shape index (κ2) is 11.2. The number of halogens is 2. The summed E-state index contributed by atoms with van der Waals surface area (Å²) < 4.78 is 21.0. The third-order valence-corrected chi connectivity index (χ3v) is 8.38. The molecule has 2 fully saturated rings. The summed E-state index contributed by atoms with van der Waals surface area (Å²) in [6.45, 7) is 2.89. The van der Waals surface area contributed by atoms with Gasteiger partial charge in [0.15, 0.2) is 0 Å². The maximum Gasteiger partial charge on any atom is 0.303 e. The number of piperidine rings is 1. The maximum absolute atomic E-state index is 15.7. The summed E-state index contributed by atoms with van der Waals surface area (Å²) in [6, 6.07) is 5.36. The number of hydrogen-bond donors (Lipinski definition) is 1. The third-order valence-electron chi connectivity index (χ3n) is 8.08. The predicted molar refractivity (Wildman–Crippen MR) is 133 cm³/mol. The second-order valence-corrected chi connectivity index (χ2v) is 10.7. The lowest BCUT2D eigenvalue weighted by molar-refractivity contribution is -0.141. The van der Waals surface area contributed by atoms with Crippen molar-refractivity contribution in [2.45, 2.75) is 70.4 Å². The zero-order chi connectivity index (χ0) is 24.1. The molecule has 1 saturated heterocycles. The number of carbonyl (C=O) groups is 1. The number of alkyl halides is 1. The molecule has 1 aromatic carbocycles. The first-order chi connectivity index (χ1) is 16.4. The Balaban J connectivity index is 1.42. The molecular formula is C27H36ClFN2O3. The van der Waals surface area contributed by atoms with E-state index in [-0.39, 0.29) is 18.3 Å². The second-order valence-electron chi connectivity index (χ2n) is 10.3. The number of likely N-dealkylation sites (tertiary alicyclic amines) is 1. The number of aliphatic carboxylic acids is 1. The molecule has 1 aliphatic heterocycles. The first kappa shape index (κ1) is 25.2. The summed E-state index contributed by atoms with van der Waals surface area (Å²) in [5, 5.41) is 10.6. The molecule has 0 radical (unpaired) electrons. The van der Waals surface area contributed by atoms with Gasteiger partial charge in [-0.2, -0.15) is 0 Å². The highest BCUT2D eigenvalue weighted by molar-refractivity contribution is 6.32. The Bertz CT molecular complexity index is 987. The Kier molecular flexibility index (Phi) is 8.30. The van der Waals surface area contributed by atoms with Crippen LogP contribution in [0.1, 0.15) is 75.9 Å². The van der Waals surface area contributed by atoms with E-state index in [1.165, 1.54) is 38.3 Å². The van der Waals surface area contributed by atoms with Crippen molar-refractivity contribution in [2.75, 3.05) is 26.7 Å². The fourth-order valence-electron chi connectivity index (χ4n) is 5.94. The highest BCUT2D eigenvalue weighted by atomic mass is 35.5. The van der Waals surface area contributed by atoms with Crippen LogP contribution in [0.2, 0.25) is 5.02 Å². The number of carboxylic acids is 1. The third kappa shape index (κ3) is 6.01. The summed E-state index contributed by atoms with van der Waals surface area (Å²) in [5.74, 6) is 0.681. The number of fused-ring (bicyclic) bond motifs is 1. The van der Waals surface area contributed by atoms with Gasteiger partial charge in [0.05, 0.1) is 24.1 Å². The lowest BCUT2D eigenvalue weighted by Crippen LogP contribution is -2.42. The van der Waals surface area contributed by atoms with Crippen LogP contribution in [0.25, 0.3) is 10.9 Å². The van der Waals surface area contributed by atoms with Gasteiger partial charge < -0.3 is 14.7 Å². The van der Waals surface area contributed by atoms with Crippen molar-refractivity contribution in [2.24, 2.45) is 11.3 Å². The minimum Gasteiger partial charge on any atom is -0.497 e. The molecular weight excluding hydrogens is 455 g/mol. The highest BCUT2D eigenvalue weighted by Crippen LogP contribution is 2.44. The number of nitrogens with zero attached hydrogens (tertiary/aromatic N) is 2. The topological polar surface area (TPSA) is 62.7 Å². The van der Waals surface area contributed by atoms with Gasteiger partial charge in [-0.15, -0.1) is 0 Å². The number of ether oxygens (including phenoxy) is 1. The molecule has 1 atom stereocenters. The number of aromatic nitrogens is 1. The molecule has 4 rings (SSSR count). The van der Waals surface area contributed by atoms with Gasteiger partial charge in [0, 0.05) is 17.1 Å². The molecule has 2 heterocycles. The Morgan fingerprint density at radius 3 is 2.74 bits per heavy atom. The molecule has 1 aliphatic carbocycles. The van der Waals surface area contributed by atoms with Gasteiger partial charge in [-0.25, -0.2) is 4.39 Å². The largest absolute Gasteiger partial charge is 0.497 e.